The monoisotopic (exact) mass is 248 g/mol. The third-order valence-corrected chi connectivity index (χ3v) is 2.46. The molecule has 1 aromatic carbocycles. The predicted octanol–water partition coefficient (Wildman–Crippen LogP) is 3.50. The van der Waals surface area contributed by atoms with E-state index in [1.807, 2.05) is 44.2 Å². The van der Waals surface area contributed by atoms with Crippen molar-refractivity contribution >= 4 is 11.6 Å². The van der Waals surface area contributed by atoms with E-state index in [1.165, 1.54) is 0 Å². The zero-order chi connectivity index (χ0) is 12.3. The third-order valence-electron chi connectivity index (χ3n) is 2.29. The van der Waals surface area contributed by atoms with E-state index < -0.39 is 0 Å². The fourth-order valence-electron chi connectivity index (χ4n) is 1.63. The Morgan fingerprint density at radius 3 is 2.71 bits per heavy atom. The minimum Gasteiger partial charge on any atom is -0.493 e. The van der Waals surface area contributed by atoms with Gasteiger partial charge in [-0.05, 0) is 43.6 Å². The lowest BCUT2D eigenvalue weighted by molar-refractivity contribution is 0.341. The fourth-order valence-corrected chi connectivity index (χ4v) is 1.85. The first-order valence-corrected chi connectivity index (χ1v) is 5.82. The normalized spacial score (nSPS) is 10.3. The lowest BCUT2D eigenvalue weighted by Gasteiger charge is -2.09. The van der Waals surface area contributed by atoms with Crippen molar-refractivity contribution < 1.29 is 4.74 Å². The largest absolute Gasteiger partial charge is 0.493 e. The molecule has 0 radical (unpaired) electrons. The highest BCUT2D eigenvalue weighted by atomic mass is 35.5. The number of hydrogen-bond acceptors (Lipinski definition) is 3. The van der Waals surface area contributed by atoms with Crippen LogP contribution in [0.1, 0.15) is 12.6 Å². The van der Waals surface area contributed by atoms with Crippen LogP contribution in [0.3, 0.4) is 0 Å². The van der Waals surface area contributed by atoms with Crippen LogP contribution in [0.15, 0.2) is 30.3 Å². The quantitative estimate of drug-likeness (QED) is 0.780. The Morgan fingerprint density at radius 2 is 2.00 bits per heavy atom. The summed E-state index contributed by atoms with van der Waals surface area (Å²) in [4.78, 5) is 8.27. The molecule has 2 aromatic rings. The Balaban J connectivity index is 2.51. The maximum absolute atomic E-state index is 5.87. The molecular weight excluding hydrogens is 236 g/mol. The van der Waals surface area contributed by atoms with Gasteiger partial charge in [-0.25, -0.2) is 9.97 Å². The van der Waals surface area contributed by atoms with Crippen molar-refractivity contribution in [3.8, 4) is 17.0 Å². The minimum atomic E-state index is 0.256. The summed E-state index contributed by atoms with van der Waals surface area (Å²) in [5.74, 6) is 0.809. The van der Waals surface area contributed by atoms with E-state index in [0.29, 0.717) is 6.61 Å². The molecule has 0 spiro atoms. The average molecular weight is 249 g/mol. The smallest absolute Gasteiger partial charge is 0.223 e. The van der Waals surface area contributed by atoms with Gasteiger partial charge in [-0.1, -0.05) is 12.1 Å². The summed E-state index contributed by atoms with van der Waals surface area (Å²) in [5, 5.41) is 0.256. The van der Waals surface area contributed by atoms with Gasteiger partial charge in [0, 0.05) is 11.3 Å². The molecule has 0 N–H and O–H groups in total. The van der Waals surface area contributed by atoms with Gasteiger partial charge in [0.25, 0.3) is 0 Å². The van der Waals surface area contributed by atoms with Gasteiger partial charge >= 0.3 is 0 Å². The van der Waals surface area contributed by atoms with Crippen LogP contribution < -0.4 is 4.74 Å². The van der Waals surface area contributed by atoms with Gasteiger partial charge < -0.3 is 4.74 Å². The summed E-state index contributed by atoms with van der Waals surface area (Å²) in [7, 11) is 0. The molecule has 88 valence electrons. The Kier molecular flexibility index (Phi) is 3.59. The molecule has 0 fully saturated rings. The lowest BCUT2D eigenvalue weighted by Crippen LogP contribution is -1.96. The van der Waals surface area contributed by atoms with Gasteiger partial charge in [-0.15, -0.1) is 0 Å². The molecule has 2 rings (SSSR count). The Hall–Kier alpha value is -1.61. The molecule has 0 aliphatic rings. The molecule has 4 heteroatoms. The molecular formula is C13H13ClN2O. The van der Waals surface area contributed by atoms with Gasteiger partial charge in [-0.3, -0.25) is 0 Å². The molecule has 0 saturated carbocycles. The molecule has 17 heavy (non-hydrogen) atoms. The topological polar surface area (TPSA) is 35.0 Å². The second-order valence-corrected chi connectivity index (χ2v) is 3.93. The molecule has 0 amide bonds. The number of aromatic nitrogens is 2. The van der Waals surface area contributed by atoms with Gasteiger partial charge in [0.15, 0.2) is 0 Å². The molecule has 1 heterocycles. The highest BCUT2D eigenvalue weighted by Crippen LogP contribution is 2.29. The Morgan fingerprint density at radius 1 is 1.24 bits per heavy atom. The van der Waals surface area contributed by atoms with Crippen molar-refractivity contribution in [2.24, 2.45) is 0 Å². The number of para-hydroxylation sites is 1. The van der Waals surface area contributed by atoms with Crippen molar-refractivity contribution in [2.75, 3.05) is 6.61 Å². The highest BCUT2D eigenvalue weighted by molar-refractivity contribution is 6.28. The molecule has 0 aliphatic carbocycles. The summed E-state index contributed by atoms with van der Waals surface area (Å²) in [6.07, 6.45) is 0. The summed E-state index contributed by atoms with van der Waals surface area (Å²) in [6, 6.07) is 9.66. The summed E-state index contributed by atoms with van der Waals surface area (Å²) in [6.45, 7) is 4.46. The van der Waals surface area contributed by atoms with Crippen LogP contribution >= 0.6 is 11.6 Å². The van der Waals surface area contributed by atoms with Crippen LogP contribution in [0, 0.1) is 6.92 Å². The minimum absolute atomic E-state index is 0.256. The van der Waals surface area contributed by atoms with Gasteiger partial charge in [-0.2, -0.15) is 0 Å². The van der Waals surface area contributed by atoms with Gasteiger partial charge in [0.05, 0.1) is 12.3 Å². The van der Waals surface area contributed by atoms with E-state index >= 15 is 0 Å². The molecule has 0 aliphatic heterocycles. The summed E-state index contributed by atoms with van der Waals surface area (Å²) in [5.41, 5.74) is 2.56. The second kappa shape index (κ2) is 5.15. The van der Waals surface area contributed by atoms with Gasteiger partial charge in [0.1, 0.15) is 5.75 Å². The zero-order valence-corrected chi connectivity index (χ0v) is 10.5. The SMILES string of the molecule is CCOc1ccccc1-c1cc(C)nc(Cl)n1. The number of benzene rings is 1. The molecule has 3 nitrogen and oxygen atoms in total. The maximum Gasteiger partial charge on any atom is 0.223 e. The van der Waals surface area contributed by atoms with E-state index in [-0.39, 0.29) is 5.28 Å². The van der Waals surface area contributed by atoms with Crippen molar-refractivity contribution in [3.63, 3.8) is 0 Å². The Bertz CT molecular complexity index is 508. The standard InChI is InChI=1S/C13H13ClN2O/c1-3-17-12-7-5-4-6-10(12)11-8-9(2)15-13(14)16-11/h4-8H,3H2,1-2H3. The van der Waals surface area contributed by atoms with Crippen molar-refractivity contribution in [3.05, 3.63) is 41.3 Å². The molecule has 1 aromatic heterocycles. The van der Waals surface area contributed by atoms with E-state index in [1.54, 1.807) is 0 Å². The number of halogens is 1. The first-order valence-electron chi connectivity index (χ1n) is 5.44. The molecule has 0 saturated heterocycles. The van der Waals surface area contributed by atoms with Crippen molar-refractivity contribution in [2.45, 2.75) is 13.8 Å². The van der Waals surface area contributed by atoms with E-state index in [2.05, 4.69) is 9.97 Å². The summed E-state index contributed by atoms with van der Waals surface area (Å²) >= 11 is 5.87. The van der Waals surface area contributed by atoms with Crippen LogP contribution in [0.25, 0.3) is 11.3 Å². The summed E-state index contributed by atoms with van der Waals surface area (Å²) < 4.78 is 5.57. The first kappa shape index (κ1) is 11.9. The zero-order valence-electron chi connectivity index (χ0n) is 9.77. The number of rotatable bonds is 3. The third kappa shape index (κ3) is 2.74. The predicted molar refractivity (Wildman–Crippen MR) is 68.4 cm³/mol. The average Bonchev–Trinajstić information content (AvgIpc) is 2.29. The van der Waals surface area contributed by atoms with Crippen molar-refractivity contribution in [1.29, 1.82) is 0 Å². The van der Waals surface area contributed by atoms with Crippen LogP contribution in [0.2, 0.25) is 5.28 Å². The number of aryl methyl sites for hydroxylation is 1. The lowest BCUT2D eigenvalue weighted by atomic mass is 10.1. The molecule has 0 atom stereocenters. The fraction of sp³-hybridized carbons (Fsp3) is 0.231. The van der Waals surface area contributed by atoms with E-state index in [4.69, 9.17) is 16.3 Å². The Labute approximate surface area is 105 Å². The second-order valence-electron chi connectivity index (χ2n) is 3.59. The van der Waals surface area contributed by atoms with Gasteiger partial charge in [0.2, 0.25) is 5.28 Å². The molecule has 0 unspecified atom stereocenters. The van der Waals surface area contributed by atoms with Crippen LogP contribution in [-0.2, 0) is 0 Å². The highest BCUT2D eigenvalue weighted by Gasteiger charge is 2.08. The van der Waals surface area contributed by atoms with Crippen molar-refractivity contribution in [1.82, 2.24) is 9.97 Å². The van der Waals surface area contributed by atoms with Crippen LogP contribution in [-0.4, -0.2) is 16.6 Å². The van der Waals surface area contributed by atoms with E-state index in [9.17, 15) is 0 Å². The van der Waals surface area contributed by atoms with E-state index in [0.717, 1.165) is 22.7 Å². The maximum atomic E-state index is 5.87. The first-order chi connectivity index (χ1) is 8.20. The molecule has 0 bridgehead atoms. The van der Waals surface area contributed by atoms with Crippen LogP contribution in [0.4, 0.5) is 0 Å². The number of ether oxygens (including phenoxy) is 1. The van der Waals surface area contributed by atoms with Crippen LogP contribution in [0.5, 0.6) is 5.75 Å². The number of hydrogen-bond donors (Lipinski definition) is 0. The number of nitrogens with zero attached hydrogens (tertiary/aromatic N) is 2.